The molecule has 0 fully saturated rings. The Morgan fingerprint density at radius 1 is 1.26 bits per heavy atom. The summed E-state index contributed by atoms with van der Waals surface area (Å²) in [5.41, 5.74) is 8.32. The third kappa shape index (κ3) is 2.08. The molecule has 0 amide bonds. The number of nitrogen functional groups attached to an aromatic ring is 1. The molecule has 0 saturated carbocycles. The molecule has 2 aromatic heterocycles. The fraction of sp³-hybridized carbons (Fsp3) is 0.214. The van der Waals surface area contributed by atoms with Crippen LogP contribution in [-0.2, 0) is 10.1 Å². The second kappa shape index (κ2) is 4.74. The van der Waals surface area contributed by atoms with E-state index < -0.39 is 10.1 Å². The second-order valence-corrected chi connectivity index (χ2v) is 6.70. The number of rotatable bonds is 2. The molecule has 3 aromatic rings. The SMILES string of the molecule is COc1cc(S(=O)(=O)O)cc2[nH]c3c(N)c(C)c(C)c(=O)n3c12. The van der Waals surface area contributed by atoms with Crippen LogP contribution in [0.2, 0.25) is 0 Å². The first kappa shape index (κ1) is 15.4. The van der Waals surface area contributed by atoms with Gasteiger partial charge in [-0.1, -0.05) is 0 Å². The molecule has 0 unspecified atom stereocenters. The molecule has 2 heterocycles. The van der Waals surface area contributed by atoms with Crippen molar-refractivity contribution in [1.29, 1.82) is 0 Å². The summed E-state index contributed by atoms with van der Waals surface area (Å²) in [6.07, 6.45) is 0. The van der Waals surface area contributed by atoms with Crippen LogP contribution < -0.4 is 16.0 Å². The van der Waals surface area contributed by atoms with Crippen LogP contribution >= 0.6 is 0 Å². The zero-order valence-electron chi connectivity index (χ0n) is 12.7. The Kier molecular flexibility index (Phi) is 3.17. The molecule has 8 nitrogen and oxygen atoms in total. The highest BCUT2D eigenvalue weighted by Crippen LogP contribution is 2.31. The summed E-state index contributed by atoms with van der Waals surface area (Å²) < 4.78 is 38.6. The van der Waals surface area contributed by atoms with Gasteiger partial charge in [-0.25, -0.2) is 0 Å². The van der Waals surface area contributed by atoms with Crippen molar-refractivity contribution in [2.75, 3.05) is 12.8 Å². The number of pyridine rings is 1. The van der Waals surface area contributed by atoms with Crippen molar-refractivity contribution < 1.29 is 17.7 Å². The van der Waals surface area contributed by atoms with E-state index >= 15 is 0 Å². The summed E-state index contributed by atoms with van der Waals surface area (Å²) in [4.78, 5) is 15.2. The van der Waals surface area contributed by atoms with E-state index in [0.29, 0.717) is 33.5 Å². The van der Waals surface area contributed by atoms with E-state index in [2.05, 4.69) is 4.98 Å². The van der Waals surface area contributed by atoms with Crippen LogP contribution in [0.3, 0.4) is 0 Å². The van der Waals surface area contributed by atoms with E-state index in [-0.39, 0.29) is 16.2 Å². The van der Waals surface area contributed by atoms with E-state index in [9.17, 15) is 17.8 Å². The highest BCUT2D eigenvalue weighted by molar-refractivity contribution is 7.85. The molecule has 0 aliphatic heterocycles. The fourth-order valence-corrected chi connectivity index (χ4v) is 3.13. The van der Waals surface area contributed by atoms with Gasteiger partial charge in [-0.3, -0.25) is 13.7 Å². The molecule has 0 radical (unpaired) electrons. The predicted octanol–water partition coefficient (Wildman–Crippen LogP) is 1.24. The van der Waals surface area contributed by atoms with Crippen molar-refractivity contribution in [2.24, 2.45) is 0 Å². The number of H-pyrrole nitrogens is 1. The maximum atomic E-state index is 12.6. The van der Waals surface area contributed by atoms with Crippen LogP contribution in [-0.4, -0.2) is 29.5 Å². The van der Waals surface area contributed by atoms with Crippen LogP contribution in [0.4, 0.5) is 5.69 Å². The van der Waals surface area contributed by atoms with Crippen molar-refractivity contribution >= 4 is 32.5 Å². The largest absolute Gasteiger partial charge is 0.494 e. The number of nitrogens with one attached hydrogen (secondary N) is 1. The molecular formula is C14H15N3O5S. The number of anilines is 1. The highest BCUT2D eigenvalue weighted by atomic mass is 32.2. The summed E-state index contributed by atoms with van der Waals surface area (Å²) in [5, 5.41) is 0. The van der Waals surface area contributed by atoms with E-state index in [1.807, 2.05) is 0 Å². The van der Waals surface area contributed by atoms with Gasteiger partial charge < -0.3 is 15.5 Å². The summed E-state index contributed by atoms with van der Waals surface area (Å²) in [5.74, 6) is 0.131. The quantitative estimate of drug-likeness (QED) is 0.604. The Morgan fingerprint density at radius 2 is 1.91 bits per heavy atom. The number of aromatic nitrogens is 2. The first-order valence-electron chi connectivity index (χ1n) is 6.65. The van der Waals surface area contributed by atoms with E-state index in [1.54, 1.807) is 13.8 Å². The van der Waals surface area contributed by atoms with Crippen molar-refractivity contribution in [1.82, 2.24) is 9.38 Å². The van der Waals surface area contributed by atoms with Gasteiger partial charge >= 0.3 is 0 Å². The Hall–Kier alpha value is -2.52. The van der Waals surface area contributed by atoms with Gasteiger partial charge in [-0.15, -0.1) is 0 Å². The smallest absolute Gasteiger partial charge is 0.294 e. The third-order valence-corrected chi connectivity index (χ3v) is 4.84. The fourth-order valence-electron chi connectivity index (χ4n) is 2.61. The first-order valence-corrected chi connectivity index (χ1v) is 8.09. The lowest BCUT2D eigenvalue weighted by Crippen LogP contribution is -2.18. The monoisotopic (exact) mass is 337 g/mol. The van der Waals surface area contributed by atoms with Gasteiger partial charge in [0.15, 0.2) is 0 Å². The molecule has 0 spiro atoms. The minimum Gasteiger partial charge on any atom is -0.494 e. The Balaban J connectivity index is 2.64. The van der Waals surface area contributed by atoms with Crippen molar-refractivity contribution in [3.63, 3.8) is 0 Å². The zero-order chi connectivity index (χ0) is 17.1. The molecule has 3 rings (SSSR count). The van der Waals surface area contributed by atoms with Gasteiger partial charge in [0, 0.05) is 11.6 Å². The van der Waals surface area contributed by atoms with Crippen molar-refractivity contribution in [3.8, 4) is 5.75 Å². The molecule has 0 aliphatic rings. The Morgan fingerprint density at radius 3 is 2.48 bits per heavy atom. The molecular weight excluding hydrogens is 322 g/mol. The van der Waals surface area contributed by atoms with Gasteiger partial charge in [-0.2, -0.15) is 8.42 Å². The molecule has 23 heavy (non-hydrogen) atoms. The van der Waals surface area contributed by atoms with Crippen LogP contribution in [0.15, 0.2) is 21.8 Å². The van der Waals surface area contributed by atoms with Gasteiger partial charge in [0.2, 0.25) is 0 Å². The van der Waals surface area contributed by atoms with E-state index in [4.69, 9.17) is 10.5 Å². The normalized spacial score (nSPS) is 12.2. The number of hydrogen-bond acceptors (Lipinski definition) is 5. The number of nitrogens with zero attached hydrogens (tertiary/aromatic N) is 1. The zero-order valence-corrected chi connectivity index (χ0v) is 13.5. The second-order valence-electron chi connectivity index (χ2n) is 5.27. The third-order valence-electron chi connectivity index (χ3n) is 4.01. The molecule has 4 N–H and O–H groups in total. The van der Waals surface area contributed by atoms with Gasteiger partial charge in [0.05, 0.1) is 23.2 Å². The number of imidazole rings is 1. The number of ether oxygens (including phenoxy) is 1. The topological polar surface area (TPSA) is 127 Å². The standard InChI is InChI=1S/C14H15N3O5S/c1-6-7(2)14(18)17-12-9(16-13(17)11(6)15)4-8(23(19,20)21)5-10(12)22-3/h4-5,16H,15H2,1-3H3,(H,19,20,21). The number of hydrogen-bond donors (Lipinski definition) is 3. The predicted molar refractivity (Wildman–Crippen MR) is 85.8 cm³/mol. The summed E-state index contributed by atoms with van der Waals surface area (Å²) in [6, 6.07) is 2.38. The lowest BCUT2D eigenvalue weighted by Gasteiger charge is -2.08. The lowest BCUT2D eigenvalue weighted by molar-refractivity contribution is 0.416. The summed E-state index contributed by atoms with van der Waals surface area (Å²) >= 11 is 0. The number of methoxy groups -OCH3 is 1. The van der Waals surface area contributed by atoms with Crippen LogP contribution in [0.1, 0.15) is 11.1 Å². The van der Waals surface area contributed by atoms with Gasteiger partial charge in [0.1, 0.15) is 16.9 Å². The molecule has 0 atom stereocenters. The highest BCUT2D eigenvalue weighted by Gasteiger charge is 2.20. The summed E-state index contributed by atoms with van der Waals surface area (Å²) in [6.45, 7) is 3.40. The average molecular weight is 337 g/mol. The Bertz CT molecular complexity index is 1130. The van der Waals surface area contributed by atoms with Crippen LogP contribution in [0, 0.1) is 13.8 Å². The molecule has 122 valence electrons. The maximum absolute atomic E-state index is 12.6. The first-order chi connectivity index (χ1) is 10.7. The Labute approximate surface area is 131 Å². The molecule has 0 bridgehead atoms. The lowest BCUT2D eigenvalue weighted by atomic mass is 10.1. The van der Waals surface area contributed by atoms with Crippen LogP contribution in [0.25, 0.3) is 16.7 Å². The maximum Gasteiger partial charge on any atom is 0.294 e. The number of benzene rings is 1. The van der Waals surface area contributed by atoms with E-state index in [0.717, 1.165) is 6.07 Å². The van der Waals surface area contributed by atoms with Crippen molar-refractivity contribution in [2.45, 2.75) is 18.7 Å². The minimum absolute atomic E-state index is 0.131. The molecule has 0 aliphatic carbocycles. The van der Waals surface area contributed by atoms with Gasteiger partial charge in [-0.05, 0) is 25.5 Å². The van der Waals surface area contributed by atoms with Crippen molar-refractivity contribution in [3.05, 3.63) is 33.6 Å². The summed E-state index contributed by atoms with van der Waals surface area (Å²) in [7, 11) is -3.08. The molecule has 9 heteroatoms. The average Bonchev–Trinajstić information content (AvgIpc) is 2.88. The minimum atomic E-state index is -4.42. The number of aromatic amines is 1. The molecule has 1 aromatic carbocycles. The number of fused-ring (bicyclic) bond motifs is 3. The molecule has 0 saturated heterocycles. The number of nitrogens with two attached hydrogens (primary N) is 1. The van der Waals surface area contributed by atoms with Gasteiger partial charge in [0.25, 0.3) is 15.7 Å². The van der Waals surface area contributed by atoms with E-state index in [1.165, 1.54) is 17.6 Å². The van der Waals surface area contributed by atoms with Crippen LogP contribution in [0.5, 0.6) is 5.75 Å².